The quantitative estimate of drug-likeness (QED) is 0.422. The standard InChI is InChI=1S/C22H30N4O3S.ClH/c1-26(2)13-14-30-22-25-24-21(29-22)19(27)18(15-16-9-5-3-6-10-16)23-20(28)17-11-7-4-8-12-17;/h3,5-6,9-10,17-18H,4,7-8,11-15H2,1-2H3,(H,23,28);1H. The fourth-order valence-corrected chi connectivity index (χ4v) is 4.41. The molecule has 3 rings (SSSR count). The summed E-state index contributed by atoms with van der Waals surface area (Å²) >= 11 is 1.42. The fourth-order valence-electron chi connectivity index (χ4n) is 3.55. The molecule has 1 atom stereocenters. The summed E-state index contributed by atoms with van der Waals surface area (Å²) in [6, 6.07) is 8.95. The molecule has 0 aliphatic heterocycles. The monoisotopic (exact) mass is 466 g/mol. The Labute approximate surface area is 194 Å². The van der Waals surface area contributed by atoms with E-state index in [1.807, 2.05) is 44.4 Å². The number of amides is 1. The van der Waals surface area contributed by atoms with Gasteiger partial charge in [-0.1, -0.05) is 61.4 Å². The number of hydrogen-bond donors (Lipinski definition) is 1. The van der Waals surface area contributed by atoms with E-state index in [0.717, 1.165) is 43.5 Å². The van der Waals surface area contributed by atoms with Crippen molar-refractivity contribution in [2.24, 2.45) is 5.92 Å². The van der Waals surface area contributed by atoms with Crippen LogP contribution < -0.4 is 5.32 Å². The number of thioether (sulfide) groups is 1. The number of rotatable bonds is 10. The molecule has 31 heavy (non-hydrogen) atoms. The first-order valence-electron chi connectivity index (χ1n) is 10.5. The van der Waals surface area contributed by atoms with Crippen LogP contribution in [0.2, 0.25) is 0 Å². The lowest BCUT2D eigenvalue weighted by Crippen LogP contribution is -2.45. The van der Waals surface area contributed by atoms with Gasteiger partial charge in [0, 0.05) is 24.6 Å². The first kappa shape index (κ1) is 25.4. The minimum absolute atomic E-state index is 0. The Bertz CT molecular complexity index is 825. The highest BCUT2D eigenvalue weighted by Crippen LogP contribution is 2.24. The zero-order chi connectivity index (χ0) is 21.3. The second kappa shape index (κ2) is 12.8. The number of halogens is 1. The average Bonchev–Trinajstić information content (AvgIpc) is 3.22. The molecule has 1 fully saturated rings. The average molecular weight is 467 g/mol. The van der Waals surface area contributed by atoms with Crippen molar-refractivity contribution < 1.29 is 14.0 Å². The number of nitrogens with zero attached hydrogens (tertiary/aromatic N) is 3. The first-order chi connectivity index (χ1) is 14.5. The summed E-state index contributed by atoms with van der Waals surface area (Å²) in [6.07, 6.45) is 5.45. The summed E-state index contributed by atoms with van der Waals surface area (Å²) < 4.78 is 5.59. The van der Waals surface area contributed by atoms with Gasteiger partial charge >= 0.3 is 0 Å². The van der Waals surface area contributed by atoms with Gasteiger partial charge in [-0.05, 0) is 32.5 Å². The van der Waals surface area contributed by atoms with E-state index in [9.17, 15) is 9.59 Å². The Kier molecular flexibility index (Phi) is 10.5. The molecule has 1 aromatic heterocycles. The second-order valence-electron chi connectivity index (χ2n) is 7.97. The first-order valence-corrected chi connectivity index (χ1v) is 11.5. The van der Waals surface area contributed by atoms with Crippen molar-refractivity contribution in [3.63, 3.8) is 0 Å². The molecule has 0 radical (unpaired) electrons. The predicted octanol–water partition coefficient (Wildman–Crippen LogP) is 3.64. The second-order valence-corrected chi connectivity index (χ2v) is 9.02. The van der Waals surface area contributed by atoms with Crippen LogP contribution in [0, 0.1) is 5.92 Å². The lowest BCUT2D eigenvalue weighted by molar-refractivity contribution is -0.126. The van der Waals surface area contributed by atoms with Gasteiger partial charge in [0.2, 0.25) is 11.7 Å². The third-order valence-corrected chi connectivity index (χ3v) is 6.07. The molecule has 0 bridgehead atoms. The van der Waals surface area contributed by atoms with Crippen LogP contribution in [0.25, 0.3) is 0 Å². The Morgan fingerprint density at radius 2 is 1.87 bits per heavy atom. The topological polar surface area (TPSA) is 88.3 Å². The van der Waals surface area contributed by atoms with Crippen LogP contribution in [0.5, 0.6) is 0 Å². The number of ketones is 1. The molecule has 7 nitrogen and oxygen atoms in total. The minimum atomic E-state index is -0.720. The van der Waals surface area contributed by atoms with Crippen molar-refractivity contribution in [3.8, 4) is 0 Å². The third kappa shape index (κ3) is 7.94. The largest absolute Gasteiger partial charge is 0.408 e. The van der Waals surface area contributed by atoms with Crippen molar-refractivity contribution in [1.82, 2.24) is 20.4 Å². The molecule has 1 aromatic carbocycles. The maximum atomic E-state index is 13.1. The SMILES string of the molecule is CN(C)CCSc1nnc(C(=O)C(Cc2ccccc2)NC(=O)C2CCCCC2)o1.Cl. The molecule has 1 unspecified atom stereocenters. The summed E-state index contributed by atoms with van der Waals surface area (Å²) in [5, 5.41) is 11.3. The van der Waals surface area contributed by atoms with Crippen LogP contribution in [0.4, 0.5) is 0 Å². The van der Waals surface area contributed by atoms with Crippen LogP contribution >= 0.6 is 24.2 Å². The summed E-state index contributed by atoms with van der Waals surface area (Å²) in [6.45, 7) is 0.865. The van der Waals surface area contributed by atoms with E-state index in [2.05, 4.69) is 20.4 Å². The molecule has 0 saturated heterocycles. The molecule has 1 heterocycles. The van der Waals surface area contributed by atoms with Gasteiger partial charge in [0.25, 0.3) is 11.1 Å². The smallest absolute Gasteiger partial charge is 0.286 e. The molecule has 9 heteroatoms. The van der Waals surface area contributed by atoms with Gasteiger partial charge in [-0.25, -0.2) is 0 Å². The summed E-state index contributed by atoms with van der Waals surface area (Å²) in [7, 11) is 3.99. The highest BCUT2D eigenvalue weighted by Gasteiger charge is 2.30. The third-order valence-electron chi connectivity index (χ3n) is 5.27. The van der Waals surface area contributed by atoms with Crippen molar-refractivity contribution >= 4 is 35.9 Å². The number of Topliss-reactive ketones (excluding diaryl/α,β-unsaturated/α-hetero) is 1. The highest BCUT2D eigenvalue weighted by atomic mass is 35.5. The van der Waals surface area contributed by atoms with E-state index in [1.165, 1.54) is 18.2 Å². The fraction of sp³-hybridized carbons (Fsp3) is 0.545. The summed E-state index contributed by atoms with van der Waals surface area (Å²) in [5.41, 5.74) is 0.972. The summed E-state index contributed by atoms with van der Waals surface area (Å²) in [4.78, 5) is 28.0. The predicted molar refractivity (Wildman–Crippen MR) is 124 cm³/mol. The molecule has 1 aliphatic carbocycles. The van der Waals surface area contributed by atoms with Gasteiger partial charge in [0.15, 0.2) is 0 Å². The van der Waals surface area contributed by atoms with E-state index < -0.39 is 6.04 Å². The van der Waals surface area contributed by atoms with E-state index in [4.69, 9.17) is 4.42 Å². The van der Waals surface area contributed by atoms with Crippen LogP contribution in [-0.2, 0) is 11.2 Å². The van der Waals surface area contributed by atoms with Gasteiger partial charge < -0.3 is 14.6 Å². The van der Waals surface area contributed by atoms with E-state index in [0.29, 0.717) is 11.6 Å². The molecule has 1 aliphatic rings. The van der Waals surface area contributed by atoms with Gasteiger partial charge in [0.05, 0.1) is 0 Å². The zero-order valence-electron chi connectivity index (χ0n) is 18.1. The van der Waals surface area contributed by atoms with Crippen molar-refractivity contribution in [2.45, 2.75) is 49.8 Å². The number of aromatic nitrogens is 2. The van der Waals surface area contributed by atoms with Gasteiger partial charge in [-0.15, -0.1) is 22.6 Å². The number of hydrogen-bond acceptors (Lipinski definition) is 7. The van der Waals surface area contributed by atoms with Gasteiger partial charge in [-0.3, -0.25) is 9.59 Å². The number of benzene rings is 1. The maximum Gasteiger partial charge on any atom is 0.286 e. The molecular weight excluding hydrogens is 436 g/mol. The van der Waals surface area contributed by atoms with Crippen LogP contribution in [0.1, 0.15) is 48.4 Å². The highest BCUT2D eigenvalue weighted by molar-refractivity contribution is 7.99. The lowest BCUT2D eigenvalue weighted by Gasteiger charge is -2.24. The Balaban J connectivity index is 0.00000341. The van der Waals surface area contributed by atoms with Crippen LogP contribution in [0.3, 0.4) is 0 Å². The Hall–Kier alpha value is -1.90. The van der Waals surface area contributed by atoms with Crippen molar-refractivity contribution in [1.29, 1.82) is 0 Å². The molecule has 0 spiro atoms. The maximum absolute atomic E-state index is 13.1. The summed E-state index contributed by atoms with van der Waals surface area (Å²) in [5.74, 6) is 0.324. The number of carbonyl (C=O) groups excluding carboxylic acids is 2. The van der Waals surface area contributed by atoms with Crippen molar-refractivity contribution in [3.05, 3.63) is 41.8 Å². The van der Waals surface area contributed by atoms with Gasteiger partial charge in [-0.2, -0.15) is 0 Å². The van der Waals surface area contributed by atoms with Crippen molar-refractivity contribution in [2.75, 3.05) is 26.4 Å². The molecule has 1 saturated carbocycles. The minimum Gasteiger partial charge on any atom is -0.408 e. The van der Waals surface area contributed by atoms with E-state index in [1.54, 1.807) is 0 Å². The molecule has 1 amide bonds. The van der Waals surface area contributed by atoms with Crippen LogP contribution in [0.15, 0.2) is 40.0 Å². The normalized spacial score (nSPS) is 15.3. The number of nitrogens with one attached hydrogen (secondary N) is 1. The van der Waals surface area contributed by atoms with E-state index >= 15 is 0 Å². The van der Waals surface area contributed by atoms with Crippen LogP contribution in [-0.4, -0.2) is 59.2 Å². The molecular formula is C22H31ClN4O3S. The lowest BCUT2D eigenvalue weighted by atomic mass is 9.88. The molecule has 170 valence electrons. The Morgan fingerprint density at radius 1 is 1.16 bits per heavy atom. The number of carbonyl (C=O) groups is 2. The van der Waals surface area contributed by atoms with Gasteiger partial charge in [0.1, 0.15) is 6.04 Å². The molecule has 2 aromatic rings. The molecule has 1 N–H and O–H groups in total. The Morgan fingerprint density at radius 3 is 2.55 bits per heavy atom. The van der Waals surface area contributed by atoms with E-state index in [-0.39, 0.29) is 35.9 Å². The zero-order valence-corrected chi connectivity index (χ0v) is 19.7.